The first-order valence-corrected chi connectivity index (χ1v) is 10.3. The monoisotopic (exact) mass is 390 g/mol. The lowest BCUT2D eigenvalue weighted by molar-refractivity contribution is 0.0954. The first-order chi connectivity index (χ1) is 12.7. The Balaban J connectivity index is 1.69. The SMILES string of the molecule is CCOc1ncccc1CNC(=O)c1cc2sc(N(CC)CC)nc2s1. The predicted molar refractivity (Wildman–Crippen MR) is 108 cm³/mol. The number of amides is 1. The zero-order chi connectivity index (χ0) is 18.5. The van der Waals surface area contributed by atoms with E-state index in [-0.39, 0.29) is 5.91 Å². The molecule has 3 aromatic rings. The van der Waals surface area contributed by atoms with Gasteiger partial charge in [-0.2, -0.15) is 0 Å². The number of thiazole rings is 1. The molecule has 1 N–H and O–H groups in total. The van der Waals surface area contributed by atoms with Crippen LogP contribution in [0, 0.1) is 0 Å². The molecule has 3 rings (SSSR count). The highest BCUT2D eigenvalue weighted by Gasteiger charge is 2.16. The average molecular weight is 391 g/mol. The molecule has 0 aromatic carbocycles. The molecule has 3 aromatic heterocycles. The minimum Gasteiger partial charge on any atom is -0.478 e. The molecule has 26 heavy (non-hydrogen) atoms. The van der Waals surface area contributed by atoms with Gasteiger partial charge in [-0.3, -0.25) is 4.79 Å². The van der Waals surface area contributed by atoms with Gasteiger partial charge < -0.3 is 15.0 Å². The Morgan fingerprint density at radius 2 is 2.08 bits per heavy atom. The van der Waals surface area contributed by atoms with Gasteiger partial charge in [0.2, 0.25) is 5.88 Å². The van der Waals surface area contributed by atoms with Crippen LogP contribution < -0.4 is 15.0 Å². The Labute approximate surface area is 160 Å². The van der Waals surface area contributed by atoms with Crippen molar-refractivity contribution in [3.63, 3.8) is 0 Å². The van der Waals surface area contributed by atoms with Gasteiger partial charge in [0.25, 0.3) is 5.91 Å². The number of anilines is 1. The van der Waals surface area contributed by atoms with Crippen LogP contribution in [0.15, 0.2) is 24.4 Å². The summed E-state index contributed by atoms with van der Waals surface area (Å²) in [6.45, 7) is 8.93. The molecule has 0 aliphatic rings. The number of thiophene rings is 1. The summed E-state index contributed by atoms with van der Waals surface area (Å²) in [5.41, 5.74) is 0.864. The number of nitrogens with zero attached hydrogens (tertiary/aromatic N) is 3. The molecular formula is C18H22N4O2S2. The number of carbonyl (C=O) groups is 1. The lowest BCUT2D eigenvalue weighted by atomic mass is 10.2. The Hall–Kier alpha value is -2.19. The van der Waals surface area contributed by atoms with E-state index < -0.39 is 0 Å². The Morgan fingerprint density at radius 3 is 2.77 bits per heavy atom. The summed E-state index contributed by atoms with van der Waals surface area (Å²) < 4.78 is 6.55. The number of nitrogens with one attached hydrogen (secondary N) is 1. The minimum atomic E-state index is -0.101. The van der Waals surface area contributed by atoms with Crippen molar-refractivity contribution in [2.75, 3.05) is 24.6 Å². The largest absolute Gasteiger partial charge is 0.478 e. The number of hydrogen-bond acceptors (Lipinski definition) is 7. The predicted octanol–water partition coefficient (Wildman–Crippen LogP) is 3.93. The number of pyridine rings is 1. The number of aromatic nitrogens is 2. The van der Waals surface area contributed by atoms with Gasteiger partial charge in [-0.1, -0.05) is 17.4 Å². The van der Waals surface area contributed by atoms with Gasteiger partial charge >= 0.3 is 0 Å². The number of hydrogen-bond donors (Lipinski definition) is 1. The van der Waals surface area contributed by atoms with Crippen LogP contribution in [0.1, 0.15) is 36.0 Å². The molecule has 0 bridgehead atoms. The average Bonchev–Trinajstić information content (AvgIpc) is 3.21. The second-order valence-electron chi connectivity index (χ2n) is 5.53. The number of rotatable bonds is 8. The van der Waals surface area contributed by atoms with Crippen molar-refractivity contribution in [2.45, 2.75) is 27.3 Å². The van der Waals surface area contributed by atoms with E-state index >= 15 is 0 Å². The van der Waals surface area contributed by atoms with Gasteiger partial charge in [-0.25, -0.2) is 9.97 Å². The van der Waals surface area contributed by atoms with Gasteiger partial charge in [0.1, 0.15) is 4.83 Å². The molecule has 8 heteroatoms. The summed E-state index contributed by atoms with van der Waals surface area (Å²) in [7, 11) is 0. The summed E-state index contributed by atoms with van der Waals surface area (Å²) in [6.07, 6.45) is 1.68. The molecule has 0 fully saturated rings. The van der Waals surface area contributed by atoms with E-state index in [1.54, 1.807) is 17.5 Å². The van der Waals surface area contributed by atoms with Crippen LogP contribution in [0.3, 0.4) is 0 Å². The van der Waals surface area contributed by atoms with Crippen molar-refractivity contribution in [3.8, 4) is 5.88 Å². The lowest BCUT2D eigenvalue weighted by Gasteiger charge is -2.16. The standard InChI is InChI=1S/C18H22N4O2S2/c1-4-22(5-2)18-21-17-14(26-18)10-13(25-17)15(23)20-11-12-8-7-9-19-16(12)24-6-3/h7-10H,4-6,11H2,1-3H3,(H,20,23). The van der Waals surface area contributed by atoms with E-state index in [2.05, 4.69) is 34.0 Å². The van der Waals surface area contributed by atoms with Crippen LogP contribution in [0.25, 0.3) is 9.53 Å². The summed E-state index contributed by atoms with van der Waals surface area (Å²) in [4.78, 5) is 25.2. The zero-order valence-electron chi connectivity index (χ0n) is 15.1. The minimum absolute atomic E-state index is 0.101. The summed E-state index contributed by atoms with van der Waals surface area (Å²) in [6, 6.07) is 5.67. The van der Waals surface area contributed by atoms with Crippen molar-refractivity contribution in [3.05, 3.63) is 34.8 Å². The Morgan fingerprint density at radius 1 is 1.27 bits per heavy atom. The maximum Gasteiger partial charge on any atom is 0.261 e. The molecule has 0 aliphatic carbocycles. The second-order valence-corrected chi connectivity index (χ2v) is 7.57. The van der Waals surface area contributed by atoms with Crippen molar-refractivity contribution in [1.29, 1.82) is 0 Å². The van der Waals surface area contributed by atoms with E-state index in [1.807, 2.05) is 25.1 Å². The normalized spacial score (nSPS) is 10.9. The van der Waals surface area contributed by atoms with Crippen LogP contribution in [0.2, 0.25) is 0 Å². The fourth-order valence-electron chi connectivity index (χ4n) is 2.55. The molecule has 0 atom stereocenters. The molecule has 0 saturated carbocycles. The second kappa shape index (κ2) is 8.46. The van der Waals surface area contributed by atoms with E-state index in [9.17, 15) is 4.79 Å². The molecular weight excluding hydrogens is 368 g/mol. The van der Waals surface area contributed by atoms with Gasteiger partial charge in [-0.05, 0) is 32.9 Å². The third-order valence-electron chi connectivity index (χ3n) is 3.91. The topological polar surface area (TPSA) is 67.3 Å². The maximum atomic E-state index is 12.5. The molecule has 0 unspecified atom stereocenters. The lowest BCUT2D eigenvalue weighted by Crippen LogP contribution is -2.22. The highest BCUT2D eigenvalue weighted by atomic mass is 32.1. The van der Waals surface area contributed by atoms with E-state index in [1.165, 1.54) is 11.3 Å². The van der Waals surface area contributed by atoms with Crippen LogP contribution in [-0.4, -0.2) is 35.6 Å². The van der Waals surface area contributed by atoms with Crippen LogP contribution in [-0.2, 0) is 6.54 Å². The van der Waals surface area contributed by atoms with Crippen molar-refractivity contribution in [2.24, 2.45) is 0 Å². The first kappa shape index (κ1) is 18.6. The molecule has 3 heterocycles. The van der Waals surface area contributed by atoms with Crippen LogP contribution in [0.5, 0.6) is 5.88 Å². The van der Waals surface area contributed by atoms with Crippen molar-refractivity contribution >= 4 is 43.2 Å². The third-order valence-corrected chi connectivity index (χ3v) is 6.13. The third kappa shape index (κ3) is 3.96. The summed E-state index contributed by atoms with van der Waals surface area (Å²) >= 11 is 3.06. The molecule has 1 amide bonds. The fraction of sp³-hybridized carbons (Fsp3) is 0.389. The van der Waals surface area contributed by atoms with E-state index in [0.717, 1.165) is 33.3 Å². The van der Waals surface area contributed by atoms with Gasteiger partial charge in [-0.15, -0.1) is 11.3 Å². The molecule has 138 valence electrons. The van der Waals surface area contributed by atoms with Gasteiger partial charge in [0.05, 0.1) is 16.2 Å². The Kier molecular flexibility index (Phi) is 6.05. The summed E-state index contributed by atoms with van der Waals surface area (Å²) in [5, 5.41) is 3.96. The van der Waals surface area contributed by atoms with Gasteiger partial charge in [0.15, 0.2) is 5.13 Å². The highest BCUT2D eigenvalue weighted by molar-refractivity contribution is 7.29. The van der Waals surface area contributed by atoms with Crippen molar-refractivity contribution < 1.29 is 9.53 Å². The van der Waals surface area contributed by atoms with Crippen LogP contribution in [0.4, 0.5) is 5.13 Å². The first-order valence-electron chi connectivity index (χ1n) is 8.66. The Bertz CT molecular complexity index is 855. The quantitative estimate of drug-likeness (QED) is 0.631. The van der Waals surface area contributed by atoms with Crippen molar-refractivity contribution in [1.82, 2.24) is 15.3 Å². The number of ether oxygens (including phenoxy) is 1. The molecule has 6 nitrogen and oxygen atoms in total. The maximum absolute atomic E-state index is 12.5. The van der Waals surface area contributed by atoms with E-state index in [0.29, 0.717) is 23.9 Å². The fourth-order valence-corrected chi connectivity index (χ4v) is 4.81. The molecule has 0 spiro atoms. The van der Waals surface area contributed by atoms with E-state index in [4.69, 9.17) is 4.74 Å². The zero-order valence-corrected chi connectivity index (χ0v) is 16.7. The number of carbonyl (C=O) groups excluding carboxylic acids is 1. The number of fused-ring (bicyclic) bond motifs is 1. The smallest absolute Gasteiger partial charge is 0.261 e. The van der Waals surface area contributed by atoms with Crippen LogP contribution >= 0.6 is 22.7 Å². The molecule has 0 radical (unpaired) electrons. The summed E-state index contributed by atoms with van der Waals surface area (Å²) in [5.74, 6) is 0.462. The highest BCUT2D eigenvalue weighted by Crippen LogP contribution is 2.34. The molecule has 0 saturated heterocycles. The van der Waals surface area contributed by atoms with Gasteiger partial charge in [0, 0.05) is 31.4 Å². The molecule has 0 aliphatic heterocycles.